The van der Waals surface area contributed by atoms with E-state index in [1.54, 1.807) is 24.3 Å². The van der Waals surface area contributed by atoms with Gasteiger partial charge in [-0.05, 0) is 12.1 Å². The van der Waals surface area contributed by atoms with E-state index in [9.17, 15) is 4.79 Å². The zero-order valence-electron chi connectivity index (χ0n) is 12.4. The minimum Gasteiger partial charge on any atom is -0.482 e. The minimum atomic E-state index is -0.382. The highest BCUT2D eigenvalue weighted by molar-refractivity contribution is 6.42. The molecule has 0 saturated heterocycles. The lowest BCUT2D eigenvalue weighted by molar-refractivity contribution is -0.118. The molecule has 22 heavy (non-hydrogen) atoms. The van der Waals surface area contributed by atoms with E-state index in [0.717, 1.165) is 5.69 Å². The first-order valence-corrected chi connectivity index (χ1v) is 7.37. The monoisotopic (exact) mass is 342 g/mol. The van der Waals surface area contributed by atoms with Crippen molar-refractivity contribution in [1.82, 2.24) is 5.16 Å². The van der Waals surface area contributed by atoms with Crippen LogP contribution in [-0.2, 0) is 10.2 Å². The average Bonchev–Trinajstić information content (AvgIpc) is 2.89. The zero-order chi connectivity index (χ0) is 16.3. The molecule has 1 aromatic carbocycles. The molecule has 2 aromatic rings. The molecule has 0 bridgehead atoms. The van der Waals surface area contributed by atoms with E-state index in [1.807, 2.05) is 20.8 Å². The van der Waals surface area contributed by atoms with Crippen molar-refractivity contribution in [2.24, 2.45) is 0 Å². The number of nitrogens with one attached hydrogen (secondary N) is 1. The second-order valence-electron chi connectivity index (χ2n) is 5.72. The van der Waals surface area contributed by atoms with Crippen LogP contribution in [0.25, 0.3) is 0 Å². The van der Waals surface area contributed by atoms with Gasteiger partial charge in [-0.3, -0.25) is 10.1 Å². The van der Waals surface area contributed by atoms with Gasteiger partial charge < -0.3 is 9.26 Å². The highest BCUT2D eigenvalue weighted by Crippen LogP contribution is 2.31. The summed E-state index contributed by atoms with van der Waals surface area (Å²) in [6.07, 6.45) is 0. The lowest BCUT2D eigenvalue weighted by atomic mass is 9.92. The highest BCUT2D eigenvalue weighted by atomic mass is 35.5. The van der Waals surface area contributed by atoms with Crippen LogP contribution in [0, 0.1) is 0 Å². The van der Waals surface area contributed by atoms with Gasteiger partial charge in [0.25, 0.3) is 5.91 Å². The van der Waals surface area contributed by atoms with Crippen LogP contribution in [0.15, 0.2) is 28.8 Å². The lowest BCUT2D eigenvalue weighted by Gasteiger charge is -2.12. The highest BCUT2D eigenvalue weighted by Gasteiger charge is 2.19. The Morgan fingerprint density at radius 3 is 2.73 bits per heavy atom. The third-order valence-electron chi connectivity index (χ3n) is 2.82. The molecular weight excluding hydrogens is 327 g/mol. The third-order valence-corrected chi connectivity index (χ3v) is 3.62. The SMILES string of the molecule is CC(C)(C)c1cc(NC(=O)COc2cccc(Cl)c2Cl)on1. The Kier molecular flexibility index (Phi) is 4.98. The second kappa shape index (κ2) is 6.58. The van der Waals surface area contributed by atoms with E-state index in [1.165, 1.54) is 0 Å². The maximum Gasteiger partial charge on any atom is 0.264 e. The molecule has 1 amide bonds. The number of aromatic nitrogens is 1. The Morgan fingerprint density at radius 2 is 2.09 bits per heavy atom. The number of hydrogen-bond donors (Lipinski definition) is 1. The van der Waals surface area contributed by atoms with Crippen molar-refractivity contribution in [3.8, 4) is 5.75 Å². The molecule has 0 aliphatic rings. The average molecular weight is 343 g/mol. The molecule has 0 spiro atoms. The maximum atomic E-state index is 11.8. The van der Waals surface area contributed by atoms with Gasteiger partial charge in [0.15, 0.2) is 6.61 Å². The zero-order valence-corrected chi connectivity index (χ0v) is 14.0. The summed E-state index contributed by atoms with van der Waals surface area (Å²) in [5, 5.41) is 7.12. The Balaban J connectivity index is 1.93. The van der Waals surface area contributed by atoms with E-state index in [-0.39, 0.29) is 28.8 Å². The van der Waals surface area contributed by atoms with Gasteiger partial charge in [0.1, 0.15) is 10.8 Å². The van der Waals surface area contributed by atoms with E-state index < -0.39 is 0 Å². The molecule has 118 valence electrons. The molecule has 0 saturated carbocycles. The molecule has 0 atom stereocenters. The fourth-order valence-electron chi connectivity index (χ4n) is 1.60. The van der Waals surface area contributed by atoms with Crippen molar-refractivity contribution < 1.29 is 14.1 Å². The largest absolute Gasteiger partial charge is 0.482 e. The summed E-state index contributed by atoms with van der Waals surface area (Å²) in [5.41, 5.74) is 0.596. The topological polar surface area (TPSA) is 64.4 Å². The van der Waals surface area contributed by atoms with Crippen LogP contribution in [0.1, 0.15) is 26.5 Å². The summed E-state index contributed by atoms with van der Waals surface area (Å²) in [5.74, 6) is 0.237. The van der Waals surface area contributed by atoms with Crippen LogP contribution in [-0.4, -0.2) is 17.7 Å². The first-order valence-electron chi connectivity index (χ1n) is 6.61. The smallest absolute Gasteiger partial charge is 0.264 e. The number of halogens is 2. The van der Waals surface area contributed by atoms with Crippen LogP contribution >= 0.6 is 23.2 Å². The third kappa shape index (κ3) is 4.15. The molecule has 0 aliphatic heterocycles. The van der Waals surface area contributed by atoms with E-state index in [0.29, 0.717) is 10.8 Å². The molecule has 0 aliphatic carbocycles. The van der Waals surface area contributed by atoms with Crippen molar-refractivity contribution in [2.75, 3.05) is 11.9 Å². The Hall–Kier alpha value is -1.72. The number of hydrogen-bond acceptors (Lipinski definition) is 4. The number of rotatable bonds is 4. The Labute approximate surface area is 138 Å². The lowest BCUT2D eigenvalue weighted by Crippen LogP contribution is -2.20. The van der Waals surface area contributed by atoms with Gasteiger partial charge in [0, 0.05) is 11.5 Å². The van der Waals surface area contributed by atoms with E-state index >= 15 is 0 Å². The van der Waals surface area contributed by atoms with E-state index in [4.69, 9.17) is 32.5 Å². The molecule has 0 fully saturated rings. The van der Waals surface area contributed by atoms with Crippen LogP contribution in [0.5, 0.6) is 5.75 Å². The van der Waals surface area contributed by atoms with Gasteiger partial charge >= 0.3 is 0 Å². The van der Waals surface area contributed by atoms with Crippen molar-refractivity contribution in [3.63, 3.8) is 0 Å². The molecule has 7 heteroatoms. The molecule has 1 aromatic heterocycles. The van der Waals surface area contributed by atoms with Gasteiger partial charge in [-0.2, -0.15) is 0 Å². The fraction of sp³-hybridized carbons (Fsp3) is 0.333. The molecule has 0 unspecified atom stereocenters. The number of carbonyl (C=O) groups is 1. The Bertz CT molecular complexity index is 678. The standard InChI is InChI=1S/C15H16Cl2N2O3/c1-15(2,3)11-7-13(22-19-11)18-12(20)8-21-10-6-4-5-9(16)14(10)17/h4-7H,8H2,1-3H3,(H,18,20). The molecule has 2 rings (SSSR count). The van der Waals surface area contributed by atoms with Gasteiger partial charge in [0.2, 0.25) is 5.88 Å². The minimum absolute atomic E-state index is 0.155. The van der Waals surface area contributed by atoms with Gasteiger partial charge in [-0.25, -0.2) is 0 Å². The van der Waals surface area contributed by atoms with Crippen molar-refractivity contribution in [2.45, 2.75) is 26.2 Å². The van der Waals surface area contributed by atoms with Gasteiger partial charge in [-0.1, -0.05) is 55.2 Å². The number of ether oxygens (including phenoxy) is 1. The van der Waals surface area contributed by atoms with Crippen molar-refractivity contribution in [3.05, 3.63) is 40.0 Å². The van der Waals surface area contributed by atoms with Crippen LogP contribution in [0.4, 0.5) is 5.88 Å². The van der Waals surface area contributed by atoms with Crippen molar-refractivity contribution >= 4 is 35.0 Å². The molecule has 0 radical (unpaired) electrons. The molecule has 1 N–H and O–H groups in total. The normalized spacial score (nSPS) is 11.3. The van der Waals surface area contributed by atoms with Crippen molar-refractivity contribution in [1.29, 1.82) is 0 Å². The summed E-state index contributed by atoms with van der Waals surface area (Å²) in [6, 6.07) is 6.64. The summed E-state index contributed by atoms with van der Waals surface area (Å²) < 4.78 is 10.4. The first kappa shape index (κ1) is 16.6. The maximum absolute atomic E-state index is 11.8. The van der Waals surface area contributed by atoms with Gasteiger partial charge in [0.05, 0.1) is 10.7 Å². The number of anilines is 1. The number of nitrogens with zero attached hydrogens (tertiary/aromatic N) is 1. The fourth-order valence-corrected chi connectivity index (χ4v) is 1.95. The summed E-state index contributed by atoms with van der Waals surface area (Å²) >= 11 is 11.8. The van der Waals surface area contributed by atoms with Crippen LogP contribution < -0.4 is 10.1 Å². The predicted molar refractivity (Wildman–Crippen MR) is 85.8 cm³/mol. The molecule has 1 heterocycles. The van der Waals surface area contributed by atoms with Gasteiger partial charge in [-0.15, -0.1) is 0 Å². The van der Waals surface area contributed by atoms with Crippen LogP contribution in [0.3, 0.4) is 0 Å². The molecule has 5 nitrogen and oxygen atoms in total. The first-order chi connectivity index (χ1) is 10.3. The van der Waals surface area contributed by atoms with Crippen LogP contribution in [0.2, 0.25) is 10.0 Å². The van der Waals surface area contributed by atoms with E-state index in [2.05, 4.69) is 10.5 Å². The summed E-state index contributed by atoms with van der Waals surface area (Å²) in [6.45, 7) is 5.79. The second-order valence-corrected chi connectivity index (χ2v) is 6.50. The quantitative estimate of drug-likeness (QED) is 0.899. The Morgan fingerprint density at radius 1 is 1.36 bits per heavy atom. The number of amides is 1. The molecular formula is C15H16Cl2N2O3. The number of carbonyl (C=O) groups excluding carboxylic acids is 1. The summed E-state index contributed by atoms with van der Waals surface area (Å²) in [4.78, 5) is 11.8. The predicted octanol–water partition coefficient (Wildman–Crippen LogP) is 4.30. The summed E-state index contributed by atoms with van der Waals surface area (Å²) in [7, 11) is 0. The number of benzene rings is 1.